The topological polar surface area (TPSA) is 79.3 Å². The summed E-state index contributed by atoms with van der Waals surface area (Å²) >= 11 is 7.31. The molecule has 1 heterocycles. The minimum Gasteiger partial charge on any atom is -0.480 e. The third kappa shape index (κ3) is 2.84. The molecule has 0 aliphatic heterocycles. The number of carboxylic acids is 1. The first kappa shape index (κ1) is 15.0. The van der Waals surface area contributed by atoms with E-state index < -0.39 is 17.3 Å². The van der Waals surface area contributed by atoms with E-state index in [2.05, 4.69) is 10.3 Å². The van der Waals surface area contributed by atoms with Crippen molar-refractivity contribution in [3.8, 4) is 10.6 Å². The Balaban J connectivity index is 1.64. The molecule has 1 fully saturated rings. The van der Waals surface area contributed by atoms with E-state index in [-0.39, 0.29) is 0 Å². The Labute approximate surface area is 136 Å². The Bertz CT molecular complexity index is 723. The molecule has 0 radical (unpaired) electrons. The fraction of sp³-hybridized carbons (Fsp3) is 0.267. The summed E-state index contributed by atoms with van der Waals surface area (Å²) in [5, 5.41) is 13.2. The van der Waals surface area contributed by atoms with E-state index in [1.165, 1.54) is 11.3 Å². The molecular formula is C15H13ClN2O3S. The molecule has 0 unspecified atom stereocenters. The van der Waals surface area contributed by atoms with E-state index in [0.29, 0.717) is 24.4 Å². The molecule has 22 heavy (non-hydrogen) atoms. The van der Waals surface area contributed by atoms with Gasteiger partial charge >= 0.3 is 5.97 Å². The number of nitrogens with one attached hydrogen (secondary N) is 1. The highest BCUT2D eigenvalue weighted by Gasteiger charge is 2.56. The molecule has 114 valence electrons. The highest BCUT2D eigenvalue weighted by molar-refractivity contribution is 7.15. The molecule has 0 saturated heterocycles. The van der Waals surface area contributed by atoms with Crippen molar-refractivity contribution in [2.75, 3.05) is 0 Å². The Kier molecular flexibility index (Phi) is 3.88. The van der Waals surface area contributed by atoms with Gasteiger partial charge in [-0.05, 0) is 25.0 Å². The molecule has 1 aromatic carbocycles. The number of aliphatic carboxylic acids is 1. The predicted octanol–water partition coefficient (Wildman–Crippen LogP) is 2.94. The Hall–Kier alpha value is -1.92. The van der Waals surface area contributed by atoms with Crippen molar-refractivity contribution in [2.45, 2.75) is 19.4 Å². The number of carboxylic acid groups (broad SMARTS) is 1. The van der Waals surface area contributed by atoms with Gasteiger partial charge in [0.05, 0.1) is 6.54 Å². The third-order valence-electron chi connectivity index (χ3n) is 3.66. The van der Waals surface area contributed by atoms with Crippen LogP contribution in [-0.4, -0.2) is 22.0 Å². The van der Waals surface area contributed by atoms with Crippen molar-refractivity contribution >= 4 is 34.8 Å². The van der Waals surface area contributed by atoms with Crippen LogP contribution in [0.5, 0.6) is 0 Å². The minimum absolute atomic E-state index is 0.291. The molecule has 1 amide bonds. The second kappa shape index (κ2) is 5.70. The number of carbonyl (C=O) groups excluding carboxylic acids is 1. The van der Waals surface area contributed by atoms with Crippen LogP contribution in [0.25, 0.3) is 10.6 Å². The number of rotatable bonds is 5. The van der Waals surface area contributed by atoms with Crippen molar-refractivity contribution in [2.24, 2.45) is 5.41 Å². The zero-order valence-corrected chi connectivity index (χ0v) is 13.1. The normalized spacial score (nSPS) is 15.3. The van der Waals surface area contributed by atoms with Crippen LogP contribution >= 0.6 is 22.9 Å². The Morgan fingerprint density at radius 2 is 2.00 bits per heavy atom. The lowest BCUT2D eigenvalue weighted by atomic mass is 10.1. The first-order chi connectivity index (χ1) is 10.5. The van der Waals surface area contributed by atoms with Crippen LogP contribution in [0.2, 0.25) is 5.02 Å². The molecule has 1 saturated carbocycles. The van der Waals surface area contributed by atoms with Gasteiger partial charge in [0.25, 0.3) is 0 Å². The summed E-state index contributed by atoms with van der Waals surface area (Å²) in [6, 6.07) is 7.35. The third-order valence-corrected chi connectivity index (χ3v) is 4.96. The van der Waals surface area contributed by atoms with Gasteiger partial charge in [0.2, 0.25) is 5.91 Å². The van der Waals surface area contributed by atoms with Crippen LogP contribution < -0.4 is 5.32 Å². The summed E-state index contributed by atoms with van der Waals surface area (Å²) in [7, 11) is 0. The maximum atomic E-state index is 11.9. The molecule has 1 aromatic heterocycles. The molecule has 0 spiro atoms. The average Bonchev–Trinajstić information content (AvgIpc) is 3.19. The smallest absolute Gasteiger partial charge is 0.319 e. The maximum absolute atomic E-state index is 11.9. The summed E-state index contributed by atoms with van der Waals surface area (Å²) in [5.41, 5.74) is -0.250. The summed E-state index contributed by atoms with van der Waals surface area (Å²) in [5.74, 6) is -1.46. The molecule has 3 rings (SSSR count). The van der Waals surface area contributed by atoms with E-state index in [1.54, 1.807) is 18.3 Å². The zero-order chi connectivity index (χ0) is 15.7. The molecule has 1 aliphatic rings. The van der Waals surface area contributed by atoms with E-state index in [0.717, 1.165) is 15.4 Å². The Morgan fingerprint density at radius 3 is 2.59 bits per heavy atom. The van der Waals surface area contributed by atoms with Crippen LogP contribution in [0.15, 0.2) is 30.5 Å². The predicted molar refractivity (Wildman–Crippen MR) is 83.7 cm³/mol. The summed E-state index contributed by atoms with van der Waals surface area (Å²) in [6.07, 6.45) is 2.51. The second-order valence-corrected chi connectivity index (χ2v) is 6.76. The van der Waals surface area contributed by atoms with Gasteiger partial charge in [-0.1, -0.05) is 23.7 Å². The zero-order valence-electron chi connectivity index (χ0n) is 11.5. The number of hydrogen-bond acceptors (Lipinski definition) is 4. The van der Waals surface area contributed by atoms with E-state index in [9.17, 15) is 9.59 Å². The van der Waals surface area contributed by atoms with E-state index >= 15 is 0 Å². The molecule has 0 atom stereocenters. The van der Waals surface area contributed by atoms with Crippen LogP contribution in [0.1, 0.15) is 17.7 Å². The minimum atomic E-state index is -1.20. The highest BCUT2D eigenvalue weighted by atomic mass is 35.5. The lowest BCUT2D eigenvalue weighted by Gasteiger charge is -2.09. The Morgan fingerprint density at radius 1 is 1.32 bits per heavy atom. The number of halogens is 1. The first-order valence-corrected chi connectivity index (χ1v) is 7.93. The van der Waals surface area contributed by atoms with Crippen molar-refractivity contribution in [1.82, 2.24) is 10.3 Å². The molecule has 1 aliphatic carbocycles. The van der Waals surface area contributed by atoms with Gasteiger partial charge in [0, 0.05) is 21.7 Å². The van der Waals surface area contributed by atoms with Crippen molar-refractivity contribution < 1.29 is 14.7 Å². The molecule has 5 nitrogen and oxygen atoms in total. The number of thiazole rings is 1. The monoisotopic (exact) mass is 336 g/mol. The van der Waals surface area contributed by atoms with Gasteiger partial charge in [-0.3, -0.25) is 9.59 Å². The standard InChI is InChI=1S/C15H13ClN2O3S/c16-10-3-1-9(2-4-10)12-17-7-11(22-12)8-18-13(19)15(5-6-15)14(20)21/h1-4,7H,5-6,8H2,(H,18,19)(H,20,21). The van der Waals surface area contributed by atoms with Crippen molar-refractivity contribution in [3.63, 3.8) is 0 Å². The molecule has 0 bridgehead atoms. The molecule has 2 N–H and O–H groups in total. The SMILES string of the molecule is O=C(O)C1(C(=O)NCc2cnc(-c3ccc(Cl)cc3)s2)CC1. The van der Waals surface area contributed by atoms with Gasteiger partial charge in [0.1, 0.15) is 10.4 Å². The number of amides is 1. The summed E-state index contributed by atoms with van der Waals surface area (Å²) in [6.45, 7) is 0.291. The van der Waals surface area contributed by atoms with Gasteiger partial charge < -0.3 is 10.4 Å². The fourth-order valence-electron chi connectivity index (χ4n) is 2.11. The van der Waals surface area contributed by atoms with E-state index in [1.807, 2.05) is 12.1 Å². The first-order valence-electron chi connectivity index (χ1n) is 6.74. The number of aromatic nitrogens is 1. The lowest BCUT2D eigenvalue weighted by molar-refractivity contribution is -0.149. The quantitative estimate of drug-likeness (QED) is 0.823. The highest BCUT2D eigenvalue weighted by Crippen LogP contribution is 2.46. The van der Waals surface area contributed by atoms with Gasteiger partial charge in [-0.25, -0.2) is 4.98 Å². The number of benzene rings is 1. The lowest BCUT2D eigenvalue weighted by Crippen LogP contribution is -2.36. The average molecular weight is 337 g/mol. The molecule has 2 aromatic rings. The molecular weight excluding hydrogens is 324 g/mol. The number of carbonyl (C=O) groups is 2. The number of hydrogen-bond donors (Lipinski definition) is 2. The van der Waals surface area contributed by atoms with Crippen LogP contribution in [0, 0.1) is 5.41 Å². The van der Waals surface area contributed by atoms with Gasteiger partial charge in [0.15, 0.2) is 0 Å². The van der Waals surface area contributed by atoms with Crippen LogP contribution in [0.4, 0.5) is 0 Å². The number of nitrogens with zero attached hydrogens (tertiary/aromatic N) is 1. The largest absolute Gasteiger partial charge is 0.480 e. The van der Waals surface area contributed by atoms with Gasteiger partial charge in [-0.15, -0.1) is 11.3 Å². The summed E-state index contributed by atoms with van der Waals surface area (Å²) in [4.78, 5) is 28.2. The van der Waals surface area contributed by atoms with Crippen molar-refractivity contribution in [3.05, 3.63) is 40.4 Å². The summed E-state index contributed by atoms with van der Waals surface area (Å²) < 4.78 is 0. The van der Waals surface area contributed by atoms with E-state index in [4.69, 9.17) is 16.7 Å². The maximum Gasteiger partial charge on any atom is 0.319 e. The second-order valence-electron chi connectivity index (χ2n) is 5.21. The van der Waals surface area contributed by atoms with Crippen molar-refractivity contribution in [1.29, 1.82) is 0 Å². The molecule has 7 heteroatoms. The van der Waals surface area contributed by atoms with Gasteiger partial charge in [-0.2, -0.15) is 0 Å². The fourth-order valence-corrected chi connectivity index (χ4v) is 3.10. The van der Waals surface area contributed by atoms with Crippen LogP contribution in [-0.2, 0) is 16.1 Å². The van der Waals surface area contributed by atoms with Crippen LogP contribution in [0.3, 0.4) is 0 Å².